The molecule has 1 rings (SSSR count). The van der Waals surface area contributed by atoms with E-state index in [0.717, 1.165) is 9.36 Å². The molecule has 1 aromatic heterocycles. The molecule has 70 valence electrons. The van der Waals surface area contributed by atoms with Crippen molar-refractivity contribution in [1.29, 1.82) is 0 Å². The Hall–Kier alpha value is -0.610. The Morgan fingerprint density at radius 3 is 2.92 bits per heavy atom. The first-order chi connectivity index (χ1) is 6.09. The molecule has 0 aliphatic carbocycles. The molecule has 0 spiro atoms. The summed E-state index contributed by atoms with van der Waals surface area (Å²) in [5, 5.41) is 4.58. The lowest BCUT2D eigenvalue weighted by atomic mass is 10.3. The number of carbonyl (C=O) groups is 1. The van der Waals surface area contributed by atoms with Crippen molar-refractivity contribution in [3.63, 3.8) is 0 Å². The minimum absolute atomic E-state index is 0.0510. The molecule has 1 amide bonds. The zero-order valence-electron chi connectivity index (χ0n) is 7.26. The maximum Gasteiger partial charge on any atom is 0.252 e. The summed E-state index contributed by atoms with van der Waals surface area (Å²) in [7, 11) is 0. The van der Waals surface area contributed by atoms with E-state index in [-0.39, 0.29) is 5.91 Å². The predicted octanol–water partition coefficient (Wildman–Crippen LogP) is 2.82. The third kappa shape index (κ3) is 3.32. The molecular weight excluding hydrogens is 250 g/mol. The number of halogens is 1. The Balaban J connectivity index is 2.54. The first-order valence-electron chi connectivity index (χ1n) is 3.76. The highest BCUT2D eigenvalue weighted by Gasteiger charge is 2.06. The number of nitrogens with one attached hydrogen (secondary N) is 1. The number of thiophene rings is 1. The number of rotatable bonds is 3. The van der Waals surface area contributed by atoms with E-state index in [1.54, 1.807) is 6.07 Å². The largest absolute Gasteiger partial charge is 0.348 e. The topological polar surface area (TPSA) is 29.1 Å². The first-order valence-corrected chi connectivity index (χ1v) is 5.43. The molecule has 0 saturated carbocycles. The summed E-state index contributed by atoms with van der Waals surface area (Å²) in [4.78, 5) is 11.4. The van der Waals surface area contributed by atoms with Crippen LogP contribution >= 0.6 is 27.3 Å². The van der Waals surface area contributed by atoms with Gasteiger partial charge in [-0.15, -0.1) is 11.3 Å². The Bertz CT molecular complexity index is 332. The molecule has 0 bridgehead atoms. The minimum Gasteiger partial charge on any atom is -0.348 e. The van der Waals surface area contributed by atoms with Crippen LogP contribution in [-0.4, -0.2) is 12.5 Å². The standard InChI is InChI=1S/C9H10BrNOS/c1-6(2)4-11-9(12)7-3-8(10)13-5-7/h3,5H,1,4H2,2H3,(H,11,12). The fraction of sp³-hybridized carbons (Fsp3) is 0.222. The van der Waals surface area contributed by atoms with Crippen LogP contribution in [0.4, 0.5) is 0 Å². The van der Waals surface area contributed by atoms with E-state index in [0.29, 0.717) is 12.1 Å². The quantitative estimate of drug-likeness (QED) is 0.832. The maximum absolute atomic E-state index is 11.4. The summed E-state index contributed by atoms with van der Waals surface area (Å²) < 4.78 is 0.966. The van der Waals surface area contributed by atoms with Crippen molar-refractivity contribution in [2.24, 2.45) is 0 Å². The lowest BCUT2D eigenvalue weighted by Crippen LogP contribution is -2.24. The van der Waals surface area contributed by atoms with Crippen molar-refractivity contribution >= 4 is 33.2 Å². The molecule has 0 aliphatic rings. The molecular formula is C9H10BrNOS. The van der Waals surface area contributed by atoms with Crippen molar-refractivity contribution in [2.75, 3.05) is 6.54 Å². The van der Waals surface area contributed by atoms with Gasteiger partial charge in [0.1, 0.15) is 0 Å². The smallest absolute Gasteiger partial charge is 0.252 e. The van der Waals surface area contributed by atoms with E-state index in [1.807, 2.05) is 12.3 Å². The van der Waals surface area contributed by atoms with Crippen molar-refractivity contribution in [3.05, 3.63) is 32.9 Å². The van der Waals surface area contributed by atoms with Gasteiger partial charge in [-0.1, -0.05) is 12.2 Å². The molecule has 0 aliphatic heterocycles. The van der Waals surface area contributed by atoms with Crippen LogP contribution in [0.2, 0.25) is 0 Å². The molecule has 1 aromatic rings. The Morgan fingerprint density at radius 1 is 1.77 bits per heavy atom. The zero-order chi connectivity index (χ0) is 9.84. The van der Waals surface area contributed by atoms with Gasteiger partial charge < -0.3 is 5.32 Å². The van der Waals surface area contributed by atoms with Crippen LogP contribution < -0.4 is 5.32 Å². The second-order valence-electron chi connectivity index (χ2n) is 2.78. The highest BCUT2D eigenvalue weighted by molar-refractivity contribution is 9.11. The Morgan fingerprint density at radius 2 is 2.46 bits per heavy atom. The second-order valence-corrected chi connectivity index (χ2v) is 5.07. The van der Waals surface area contributed by atoms with E-state index in [1.165, 1.54) is 11.3 Å². The van der Waals surface area contributed by atoms with Crippen LogP contribution in [0, 0.1) is 0 Å². The molecule has 1 heterocycles. The average Bonchev–Trinajstić information content (AvgIpc) is 2.47. The lowest BCUT2D eigenvalue weighted by Gasteiger charge is -2.01. The summed E-state index contributed by atoms with van der Waals surface area (Å²) in [6.45, 7) is 6.12. The highest BCUT2D eigenvalue weighted by Crippen LogP contribution is 2.20. The maximum atomic E-state index is 11.4. The van der Waals surface area contributed by atoms with E-state index >= 15 is 0 Å². The van der Waals surface area contributed by atoms with Gasteiger partial charge in [0.25, 0.3) is 5.91 Å². The van der Waals surface area contributed by atoms with Gasteiger partial charge in [0.05, 0.1) is 9.35 Å². The molecule has 1 N–H and O–H groups in total. The molecule has 2 nitrogen and oxygen atoms in total. The van der Waals surface area contributed by atoms with Crippen LogP contribution in [-0.2, 0) is 0 Å². The average molecular weight is 260 g/mol. The van der Waals surface area contributed by atoms with Crippen LogP contribution in [0.1, 0.15) is 17.3 Å². The molecule has 0 unspecified atom stereocenters. The fourth-order valence-corrected chi connectivity index (χ4v) is 1.90. The van der Waals surface area contributed by atoms with Gasteiger partial charge in [0.15, 0.2) is 0 Å². The fourth-order valence-electron chi connectivity index (χ4n) is 0.762. The summed E-state index contributed by atoms with van der Waals surface area (Å²) in [5.41, 5.74) is 1.64. The van der Waals surface area contributed by atoms with Crippen LogP contribution in [0.25, 0.3) is 0 Å². The first kappa shape index (κ1) is 10.5. The molecule has 0 fully saturated rings. The van der Waals surface area contributed by atoms with E-state index in [2.05, 4.69) is 27.8 Å². The van der Waals surface area contributed by atoms with Gasteiger partial charge in [-0.3, -0.25) is 4.79 Å². The van der Waals surface area contributed by atoms with Gasteiger partial charge >= 0.3 is 0 Å². The molecule has 0 atom stereocenters. The van der Waals surface area contributed by atoms with Crippen molar-refractivity contribution in [2.45, 2.75) is 6.92 Å². The van der Waals surface area contributed by atoms with E-state index < -0.39 is 0 Å². The predicted molar refractivity (Wildman–Crippen MR) is 59.2 cm³/mol. The van der Waals surface area contributed by atoms with E-state index in [4.69, 9.17) is 0 Å². The van der Waals surface area contributed by atoms with Gasteiger partial charge in [0.2, 0.25) is 0 Å². The molecule has 0 aromatic carbocycles. The number of carbonyl (C=O) groups excluding carboxylic acids is 1. The number of hydrogen-bond donors (Lipinski definition) is 1. The van der Waals surface area contributed by atoms with Gasteiger partial charge in [-0.2, -0.15) is 0 Å². The number of amides is 1. The van der Waals surface area contributed by atoms with Crippen molar-refractivity contribution in [3.8, 4) is 0 Å². The van der Waals surface area contributed by atoms with Crippen LogP contribution in [0.15, 0.2) is 27.4 Å². The van der Waals surface area contributed by atoms with E-state index in [9.17, 15) is 4.79 Å². The third-order valence-electron chi connectivity index (χ3n) is 1.38. The molecule has 13 heavy (non-hydrogen) atoms. The lowest BCUT2D eigenvalue weighted by molar-refractivity contribution is 0.0957. The van der Waals surface area contributed by atoms with Crippen molar-refractivity contribution in [1.82, 2.24) is 5.32 Å². The second kappa shape index (κ2) is 4.58. The molecule has 0 saturated heterocycles. The van der Waals surface area contributed by atoms with Crippen LogP contribution in [0.5, 0.6) is 0 Å². The summed E-state index contributed by atoms with van der Waals surface area (Å²) in [6, 6.07) is 1.80. The van der Waals surface area contributed by atoms with Crippen molar-refractivity contribution < 1.29 is 4.79 Å². The summed E-state index contributed by atoms with van der Waals surface area (Å²) in [5.74, 6) is -0.0510. The Labute approximate surface area is 89.8 Å². The number of hydrogen-bond acceptors (Lipinski definition) is 2. The van der Waals surface area contributed by atoms with Gasteiger partial charge in [-0.25, -0.2) is 0 Å². The monoisotopic (exact) mass is 259 g/mol. The van der Waals surface area contributed by atoms with Gasteiger partial charge in [0, 0.05) is 11.9 Å². The minimum atomic E-state index is -0.0510. The Kier molecular flexibility index (Phi) is 3.69. The normalized spacial score (nSPS) is 9.69. The highest BCUT2D eigenvalue weighted by atomic mass is 79.9. The zero-order valence-corrected chi connectivity index (χ0v) is 9.67. The van der Waals surface area contributed by atoms with Gasteiger partial charge in [-0.05, 0) is 28.9 Å². The summed E-state index contributed by atoms with van der Waals surface area (Å²) >= 11 is 4.80. The molecule has 0 radical (unpaired) electrons. The third-order valence-corrected chi connectivity index (χ3v) is 2.88. The van der Waals surface area contributed by atoms with Crippen LogP contribution in [0.3, 0.4) is 0 Å². The summed E-state index contributed by atoms with van der Waals surface area (Å²) in [6.07, 6.45) is 0. The SMILES string of the molecule is C=C(C)CNC(=O)c1csc(Br)c1. The molecule has 4 heteroatoms.